The van der Waals surface area contributed by atoms with Gasteiger partial charge < -0.3 is 20.3 Å². The molecule has 0 aliphatic carbocycles. The predicted octanol–water partition coefficient (Wildman–Crippen LogP) is 1.13. The van der Waals surface area contributed by atoms with E-state index in [-0.39, 0.29) is 5.75 Å². The van der Waals surface area contributed by atoms with Crippen LogP contribution in [0, 0.1) is 0 Å². The average molecular weight is 197 g/mol. The van der Waals surface area contributed by atoms with E-state index in [0.29, 0.717) is 31.3 Å². The van der Waals surface area contributed by atoms with Crippen LogP contribution in [-0.4, -0.2) is 24.9 Å². The fourth-order valence-corrected chi connectivity index (χ4v) is 1.06. The van der Waals surface area contributed by atoms with Gasteiger partial charge in [-0.25, -0.2) is 0 Å². The van der Waals surface area contributed by atoms with E-state index in [2.05, 4.69) is 0 Å². The lowest BCUT2D eigenvalue weighted by molar-refractivity contribution is 0.285. The van der Waals surface area contributed by atoms with E-state index in [1.807, 2.05) is 6.92 Å². The Kier molecular flexibility index (Phi) is 4.07. The Labute approximate surface area is 83.3 Å². The summed E-state index contributed by atoms with van der Waals surface area (Å²) in [5, 5.41) is 9.66. The average Bonchev–Trinajstić information content (AvgIpc) is 2.20. The first-order valence-corrected chi connectivity index (χ1v) is 4.57. The first-order valence-electron chi connectivity index (χ1n) is 4.57. The molecule has 4 nitrogen and oxygen atoms in total. The van der Waals surface area contributed by atoms with Crippen LogP contribution in [0.5, 0.6) is 17.2 Å². The standard InChI is InChI=1S/C10H15NO3/c1-2-13-8-4-3-5-9(10(8)12)14-7-6-11/h3-5,12H,2,6-7,11H2,1H3. The second-order valence-corrected chi connectivity index (χ2v) is 2.67. The molecule has 0 aliphatic heterocycles. The Balaban J connectivity index is 2.78. The highest BCUT2D eigenvalue weighted by Gasteiger charge is 2.07. The van der Waals surface area contributed by atoms with Gasteiger partial charge in [-0.05, 0) is 19.1 Å². The van der Waals surface area contributed by atoms with E-state index in [1.165, 1.54) is 0 Å². The summed E-state index contributed by atoms with van der Waals surface area (Å²) >= 11 is 0. The van der Waals surface area contributed by atoms with E-state index >= 15 is 0 Å². The molecule has 0 atom stereocenters. The van der Waals surface area contributed by atoms with Crippen molar-refractivity contribution in [3.63, 3.8) is 0 Å². The number of nitrogens with two attached hydrogens (primary N) is 1. The van der Waals surface area contributed by atoms with Crippen molar-refractivity contribution in [1.29, 1.82) is 0 Å². The molecule has 0 fully saturated rings. The van der Waals surface area contributed by atoms with Gasteiger partial charge in [0.1, 0.15) is 6.61 Å². The van der Waals surface area contributed by atoms with Crippen LogP contribution in [0.15, 0.2) is 18.2 Å². The number of benzene rings is 1. The molecule has 0 amide bonds. The van der Waals surface area contributed by atoms with Gasteiger partial charge in [0, 0.05) is 6.54 Å². The minimum atomic E-state index is 0.0304. The van der Waals surface area contributed by atoms with Crippen molar-refractivity contribution in [2.75, 3.05) is 19.8 Å². The quantitative estimate of drug-likeness (QED) is 0.742. The summed E-state index contributed by atoms with van der Waals surface area (Å²) in [7, 11) is 0. The molecule has 3 N–H and O–H groups in total. The zero-order valence-corrected chi connectivity index (χ0v) is 8.19. The number of phenols is 1. The van der Waals surface area contributed by atoms with Gasteiger partial charge >= 0.3 is 0 Å². The second kappa shape index (κ2) is 5.34. The molecule has 4 heteroatoms. The molecule has 1 aromatic rings. The highest BCUT2D eigenvalue weighted by atomic mass is 16.5. The Hall–Kier alpha value is -1.42. The number of hydrogen-bond donors (Lipinski definition) is 2. The number of aromatic hydroxyl groups is 1. The number of ether oxygens (including phenoxy) is 2. The Morgan fingerprint density at radius 3 is 2.50 bits per heavy atom. The van der Waals surface area contributed by atoms with Crippen LogP contribution in [0.3, 0.4) is 0 Å². The van der Waals surface area contributed by atoms with Gasteiger partial charge in [-0.1, -0.05) is 6.07 Å². The molecule has 0 saturated heterocycles. The van der Waals surface area contributed by atoms with E-state index in [4.69, 9.17) is 15.2 Å². The van der Waals surface area contributed by atoms with Gasteiger partial charge in [0.05, 0.1) is 6.61 Å². The van der Waals surface area contributed by atoms with Crippen molar-refractivity contribution in [3.05, 3.63) is 18.2 Å². The maximum Gasteiger partial charge on any atom is 0.200 e. The Morgan fingerprint density at radius 1 is 1.29 bits per heavy atom. The van der Waals surface area contributed by atoms with Crippen molar-refractivity contribution in [3.8, 4) is 17.2 Å². The first kappa shape index (κ1) is 10.7. The van der Waals surface area contributed by atoms with Crippen molar-refractivity contribution >= 4 is 0 Å². The summed E-state index contributed by atoms with van der Waals surface area (Å²) in [6, 6.07) is 5.12. The largest absolute Gasteiger partial charge is 0.502 e. The van der Waals surface area contributed by atoms with Crippen LogP contribution in [0.25, 0.3) is 0 Å². The number of para-hydroxylation sites is 1. The normalized spacial score (nSPS) is 9.86. The molecular weight excluding hydrogens is 182 g/mol. The molecule has 1 rings (SSSR count). The molecule has 0 aromatic heterocycles. The van der Waals surface area contributed by atoms with Crippen LogP contribution in [0.2, 0.25) is 0 Å². The smallest absolute Gasteiger partial charge is 0.200 e. The molecule has 0 bridgehead atoms. The predicted molar refractivity (Wildman–Crippen MR) is 53.8 cm³/mol. The summed E-state index contributed by atoms with van der Waals surface area (Å²) < 4.78 is 10.4. The van der Waals surface area contributed by atoms with Gasteiger partial charge in [-0.15, -0.1) is 0 Å². The lowest BCUT2D eigenvalue weighted by Gasteiger charge is -2.10. The third-order valence-corrected chi connectivity index (χ3v) is 1.64. The van der Waals surface area contributed by atoms with E-state index in [1.54, 1.807) is 18.2 Å². The fourth-order valence-electron chi connectivity index (χ4n) is 1.06. The van der Waals surface area contributed by atoms with Crippen LogP contribution >= 0.6 is 0 Å². The lowest BCUT2D eigenvalue weighted by Crippen LogP contribution is -2.10. The number of phenolic OH excluding ortho intramolecular Hbond substituents is 1. The molecule has 0 radical (unpaired) electrons. The topological polar surface area (TPSA) is 64.7 Å². The first-order chi connectivity index (χ1) is 6.79. The second-order valence-electron chi connectivity index (χ2n) is 2.67. The Morgan fingerprint density at radius 2 is 1.93 bits per heavy atom. The van der Waals surface area contributed by atoms with Crippen molar-refractivity contribution in [1.82, 2.24) is 0 Å². The van der Waals surface area contributed by atoms with Gasteiger partial charge in [0.15, 0.2) is 11.5 Å². The molecular formula is C10H15NO3. The molecule has 0 spiro atoms. The maximum absolute atomic E-state index is 9.66. The van der Waals surface area contributed by atoms with Gasteiger partial charge in [0.25, 0.3) is 0 Å². The summed E-state index contributed by atoms with van der Waals surface area (Å²) in [6.45, 7) is 3.15. The minimum Gasteiger partial charge on any atom is -0.502 e. The zero-order chi connectivity index (χ0) is 10.4. The van der Waals surface area contributed by atoms with Crippen molar-refractivity contribution < 1.29 is 14.6 Å². The van der Waals surface area contributed by atoms with Gasteiger partial charge in [-0.2, -0.15) is 0 Å². The molecule has 0 saturated carbocycles. The summed E-state index contributed by atoms with van der Waals surface area (Å²) in [5.41, 5.74) is 5.29. The summed E-state index contributed by atoms with van der Waals surface area (Å²) in [5.74, 6) is 0.867. The number of rotatable bonds is 5. The summed E-state index contributed by atoms with van der Waals surface area (Å²) in [4.78, 5) is 0. The fraction of sp³-hybridized carbons (Fsp3) is 0.400. The maximum atomic E-state index is 9.66. The SMILES string of the molecule is CCOc1cccc(OCCN)c1O. The van der Waals surface area contributed by atoms with Gasteiger partial charge in [-0.3, -0.25) is 0 Å². The van der Waals surface area contributed by atoms with Gasteiger partial charge in [0.2, 0.25) is 5.75 Å². The number of hydrogen-bond acceptors (Lipinski definition) is 4. The molecule has 0 aliphatic rings. The minimum absolute atomic E-state index is 0.0304. The van der Waals surface area contributed by atoms with Crippen molar-refractivity contribution in [2.24, 2.45) is 5.73 Å². The molecule has 78 valence electrons. The Bertz CT molecular complexity index is 289. The van der Waals surface area contributed by atoms with Crippen LogP contribution in [0.1, 0.15) is 6.92 Å². The lowest BCUT2D eigenvalue weighted by atomic mass is 10.3. The third-order valence-electron chi connectivity index (χ3n) is 1.64. The monoisotopic (exact) mass is 197 g/mol. The van der Waals surface area contributed by atoms with Crippen LogP contribution in [0.4, 0.5) is 0 Å². The molecule has 1 aromatic carbocycles. The molecule has 0 heterocycles. The van der Waals surface area contributed by atoms with Crippen molar-refractivity contribution in [2.45, 2.75) is 6.92 Å². The zero-order valence-electron chi connectivity index (χ0n) is 8.19. The van der Waals surface area contributed by atoms with E-state index in [9.17, 15) is 5.11 Å². The molecule has 14 heavy (non-hydrogen) atoms. The van der Waals surface area contributed by atoms with E-state index < -0.39 is 0 Å². The van der Waals surface area contributed by atoms with Crippen LogP contribution < -0.4 is 15.2 Å². The molecule has 0 unspecified atom stereocenters. The van der Waals surface area contributed by atoms with E-state index in [0.717, 1.165) is 0 Å². The third kappa shape index (κ3) is 2.53. The highest BCUT2D eigenvalue weighted by molar-refractivity contribution is 5.49. The van der Waals surface area contributed by atoms with Crippen LogP contribution in [-0.2, 0) is 0 Å². The highest BCUT2D eigenvalue weighted by Crippen LogP contribution is 2.35. The summed E-state index contributed by atoms with van der Waals surface area (Å²) in [6.07, 6.45) is 0.